The maximum absolute atomic E-state index is 12.3. The zero-order chi connectivity index (χ0) is 15.5. The number of aromatic nitrogens is 2. The van der Waals surface area contributed by atoms with Gasteiger partial charge in [0.1, 0.15) is 0 Å². The number of hydrogen-bond donors (Lipinski definition) is 3. The molecule has 0 aliphatic rings. The second-order valence-corrected chi connectivity index (χ2v) is 6.60. The Morgan fingerprint density at radius 1 is 1.29 bits per heavy atom. The summed E-state index contributed by atoms with van der Waals surface area (Å²) in [6, 6.07) is 5.08. The van der Waals surface area contributed by atoms with Gasteiger partial charge in [0.2, 0.25) is 10.0 Å². The maximum atomic E-state index is 12.3. The number of nitrogens with two attached hydrogens (primary N) is 1. The third-order valence-electron chi connectivity index (χ3n) is 3.48. The predicted molar refractivity (Wildman–Crippen MR) is 81.1 cm³/mol. The van der Waals surface area contributed by atoms with Crippen LogP contribution in [0.3, 0.4) is 0 Å². The molecule has 0 amide bonds. The van der Waals surface area contributed by atoms with Crippen molar-refractivity contribution in [1.82, 2.24) is 14.9 Å². The molecule has 0 bridgehead atoms. The van der Waals surface area contributed by atoms with E-state index in [0.29, 0.717) is 6.54 Å². The largest absolute Gasteiger partial charge is 0.326 e. The normalized spacial score (nSPS) is 11.8. The lowest BCUT2D eigenvalue weighted by Crippen LogP contribution is -2.23. The number of sulfonamides is 1. The van der Waals surface area contributed by atoms with Crippen molar-refractivity contribution in [3.05, 3.63) is 46.8 Å². The number of hydrogen-bond acceptors (Lipinski definition) is 4. The lowest BCUT2D eigenvalue weighted by molar-refractivity contribution is 0.581. The molecule has 0 saturated heterocycles. The van der Waals surface area contributed by atoms with Crippen LogP contribution in [0.15, 0.2) is 29.3 Å². The fourth-order valence-electron chi connectivity index (χ4n) is 2.11. The van der Waals surface area contributed by atoms with Crippen molar-refractivity contribution in [1.29, 1.82) is 0 Å². The summed E-state index contributed by atoms with van der Waals surface area (Å²) in [5.41, 5.74) is 9.28. The quantitative estimate of drug-likeness (QED) is 0.747. The van der Waals surface area contributed by atoms with E-state index in [1.54, 1.807) is 18.3 Å². The van der Waals surface area contributed by atoms with Crippen molar-refractivity contribution in [2.75, 3.05) is 0 Å². The molecular weight excluding hydrogens is 288 g/mol. The van der Waals surface area contributed by atoms with Gasteiger partial charge in [0.05, 0.1) is 11.1 Å². The Balaban J connectivity index is 2.21. The Kier molecular flexibility index (Phi) is 4.76. The molecule has 2 rings (SSSR count). The Bertz CT molecular complexity index is 722. The van der Waals surface area contributed by atoms with Crippen molar-refractivity contribution >= 4 is 10.0 Å². The van der Waals surface area contributed by atoms with Gasteiger partial charge < -0.3 is 5.73 Å². The van der Waals surface area contributed by atoms with E-state index in [0.717, 1.165) is 28.8 Å². The maximum Gasteiger partial charge on any atom is 0.240 e. The minimum atomic E-state index is -3.56. The highest BCUT2D eigenvalue weighted by atomic mass is 32.2. The van der Waals surface area contributed by atoms with Crippen LogP contribution >= 0.6 is 0 Å². The molecule has 7 heteroatoms. The topological polar surface area (TPSA) is 101 Å². The molecule has 0 unspecified atom stereocenters. The van der Waals surface area contributed by atoms with Gasteiger partial charge in [-0.15, -0.1) is 0 Å². The van der Waals surface area contributed by atoms with Gasteiger partial charge in [-0.25, -0.2) is 13.1 Å². The van der Waals surface area contributed by atoms with Crippen LogP contribution in [0, 0.1) is 6.92 Å². The SMILES string of the molecule is CCc1ccc(S(=O)(=O)NCc2cn[nH]c2C)cc1CN. The van der Waals surface area contributed by atoms with Crippen molar-refractivity contribution in [3.8, 4) is 0 Å². The lowest BCUT2D eigenvalue weighted by atomic mass is 10.1. The predicted octanol–water partition coefficient (Wildman–Crippen LogP) is 1.22. The van der Waals surface area contributed by atoms with Crippen LogP contribution in [0.4, 0.5) is 0 Å². The second kappa shape index (κ2) is 6.38. The molecule has 6 nitrogen and oxygen atoms in total. The third kappa shape index (κ3) is 3.49. The van der Waals surface area contributed by atoms with E-state index >= 15 is 0 Å². The molecule has 0 fully saturated rings. The number of aromatic amines is 1. The molecule has 21 heavy (non-hydrogen) atoms. The first-order chi connectivity index (χ1) is 9.97. The van der Waals surface area contributed by atoms with E-state index in [1.165, 1.54) is 0 Å². The molecule has 114 valence electrons. The van der Waals surface area contributed by atoms with Crippen LogP contribution in [-0.4, -0.2) is 18.6 Å². The minimum Gasteiger partial charge on any atom is -0.326 e. The number of nitrogens with zero attached hydrogens (tertiary/aromatic N) is 1. The summed E-state index contributed by atoms with van der Waals surface area (Å²) in [5, 5.41) is 6.65. The molecule has 0 aliphatic carbocycles. The molecule has 1 aromatic carbocycles. The fourth-order valence-corrected chi connectivity index (χ4v) is 3.17. The van der Waals surface area contributed by atoms with Gasteiger partial charge in [-0.3, -0.25) is 5.10 Å². The number of rotatable bonds is 6. The highest BCUT2D eigenvalue weighted by Crippen LogP contribution is 2.17. The Morgan fingerprint density at radius 3 is 2.62 bits per heavy atom. The molecule has 0 radical (unpaired) electrons. The van der Waals surface area contributed by atoms with Crippen LogP contribution in [0.1, 0.15) is 29.3 Å². The Morgan fingerprint density at radius 2 is 2.05 bits per heavy atom. The van der Waals surface area contributed by atoms with Gasteiger partial charge in [-0.05, 0) is 36.6 Å². The van der Waals surface area contributed by atoms with Crippen LogP contribution in [0.5, 0.6) is 0 Å². The summed E-state index contributed by atoms with van der Waals surface area (Å²) < 4.78 is 27.2. The molecule has 1 aromatic heterocycles. The smallest absolute Gasteiger partial charge is 0.240 e. The lowest BCUT2D eigenvalue weighted by Gasteiger charge is -2.10. The van der Waals surface area contributed by atoms with E-state index in [-0.39, 0.29) is 11.4 Å². The molecule has 0 atom stereocenters. The van der Waals surface area contributed by atoms with Gasteiger partial charge in [0, 0.05) is 24.3 Å². The molecule has 4 N–H and O–H groups in total. The first-order valence-electron chi connectivity index (χ1n) is 6.78. The number of nitrogens with one attached hydrogen (secondary N) is 2. The average Bonchev–Trinajstić information content (AvgIpc) is 2.89. The van der Waals surface area contributed by atoms with Gasteiger partial charge in [0.25, 0.3) is 0 Å². The van der Waals surface area contributed by atoms with Gasteiger partial charge in [-0.2, -0.15) is 5.10 Å². The van der Waals surface area contributed by atoms with Gasteiger partial charge >= 0.3 is 0 Å². The van der Waals surface area contributed by atoms with E-state index < -0.39 is 10.0 Å². The highest BCUT2D eigenvalue weighted by Gasteiger charge is 2.16. The highest BCUT2D eigenvalue weighted by molar-refractivity contribution is 7.89. The second-order valence-electron chi connectivity index (χ2n) is 4.83. The summed E-state index contributed by atoms with van der Waals surface area (Å²) in [6.45, 7) is 4.40. The van der Waals surface area contributed by atoms with E-state index in [2.05, 4.69) is 14.9 Å². The number of benzene rings is 1. The molecule has 0 spiro atoms. The van der Waals surface area contributed by atoms with Crippen molar-refractivity contribution in [2.24, 2.45) is 5.73 Å². The first-order valence-corrected chi connectivity index (χ1v) is 8.26. The molecule has 0 saturated carbocycles. The van der Waals surface area contributed by atoms with Gasteiger partial charge in [-0.1, -0.05) is 13.0 Å². The standard InChI is InChI=1S/C14H20N4O2S/c1-3-11-4-5-14(6-12(11)7-15)21(19,20)17-9-13-8-16-18-10(13)2/h4-6,8,17H,3,7,9,15H2,1-2H3,(H,16,18). The minimum absolute atomic E-state index is 0.207. The Hall–Kier alpha value is -1.70. The third-order valence-corrected chi connectivity index (χ3v) is 4.87. The molecule has 0 aliphatic heterocycles. The first kappa shape index (κ1) is 15.7. The zero-order valence-corrected chi connectivity index (χ0v) is 13.0. The van der Waals surface area contributed by atoms with Crippen LogP contribution < -0.4 is 10.5 Å². The number of aryl methyl sites for hydroxylation is 2. The van der Waals surface area contributed by atoms with Crippen molar-refractivity contribution < 1.29 is 8.42 Å². The summed E-state index contributed by atoms with van der Waals surface area (Å²) >= 11 is 0. The van der Waals surface area contributed by atoms with E-state index in [1.807, 2.05) is 19.9 Å². The van der Waals surface area contributed by atoms with Crippen molar-refractivity contribution in [2.45, 2.75) is 38.3 Å². The van der Waals surface area contributed by atoms with Crippen LogP contribution in [0.25, 0.3) is 0 Å². The molecular formula is C14H20N4O2S. The van der Waals surface area contributed by atoms with E-state index in [9.17, 15) is 8.42 Å². The monoisotopic (exact) mass is 308 g/mol. The van der Waals surface area contributed by atoms with Gasteiger partial charge in [0.15, 0.2) is 0 Å². The number of H-pyrrole nitrogens is 1. The van der Waals surface area contributed by atoms with E-state index in [4.69, 9.17) is 5.73 Å². The average molecular weight is 308 g/mol. The summed E-state index contributed by atoms with van der Waals surface area (Å²) in [7, 11) is -3.56. The Labute approximate surface area is 124 Å². The summed E-state index contributed by atoms with van der Waals surface area (Å²) in [5.74, 6) is 0. The van der Waals surface area contributed by atoms with Crippen molar-refractivity contribution in [3.63, 3.8) is 0 Å². The molecule has 2 aromatic rings. The summed E-state index contributed by atoms with van der Waals surface area (Å²) in [6.07, 6.45) is 2.44. The van der Waals surface area contributed by atoms with Crippen LogP contribution in [-0.2, 0) is 29.5 Å². The fraction of sp³-hybridized carbons (Fsp3) is 0.357. The zero-order valence-electron chi connectivity index (χ0n) is 12.2. The summed E-state index contributed by atoms with van der Waals surface area (Å²) in [4.78, 5) is 0.237. The van der Waals surface area contributed by atoms with Crippen LogP contribution in [0.2, 0.25) is 0 Å². The molecule has 1 heterocycles.